The second-order valence-electron chi connectivity index (χ2n) is 4.74. The lowest BCUT2D eigenvalue weighted by Gasteiger charge is -2.26. The molecule has 0 saturated carbocycles. The van der Waals surface area contributed by atoms with E-state index in [1.807, 2.05) is 30.3 Å². The van der Waals surface area contributed by atoms with Crippen LogP contribution < -0.4 is 4.74 Å². The van der Waals surface area contributed by atoms with Gasteiger partial charge in [-0.1, -0.05) is 38.1 Å². The molecule has 0 spiro atoms. The van der Waals surface area contributed by atoms with Crippen molar-refractivity contribution < 1.29 is 4.74 Å². The van der Waals surface area contributed by atoms with Crippen LogP contribution in [0.25, 0.3) is 6.08 Å². The van der Waals surface area contributed by atoms with E-state index in [0.29, 0.717) is 0 Å². The van der Waals surface area contributed by atoms with E-state index in [9.17, 15) is 0 Å². The molecule has 0 saturated heterocycles. The molecule has 0 radical (unpaired) electrons. The highest BCUT2D eigenvalue weighted by molar-refractivity contribution is 5.48. The van der Waals surface area contributed by atoms with Crippen molar-refractivity contribution in [3.63, 3.8) is 0 Å². The molecule has 1 rings (SSSR count). The summed E-state index contributed by atoms with van der Waals surface area (Å²) in [6.07, 6.45) is 5.35. The Morgan fingerprint density at radius 1 is 1.25 bits per heavy atom. The van der Waals surface area contributed by atoms with Crippen LogP contribution in [0.15, 0.2) is 30.8 Å². The van der Waals surface area contributed by atoms with Crippen molar-refractivity contribution in [2.45, 2.75) is 45.6 Å². The van der Waals surface area contributed by atoms with Crippen LogP contribution in [0.2, 0.25) is 0 Å². The van der Waals surface area contributed by atoms with Crippen molar-refractivity contribution in [2.75, 3.05) is 0 Å². The molecule has 1 heteroatoms. The molecule has 1 aromatic rings. The zero-order chi connectivity index (χ0) is 12.0. The zero-order valence-electron chi connectivity index (χ0n) is 10.6. The predicted octanol–water partition coefficient (Wildman–Crippen LogP) is 4.68. The van der Waals surface area contributed by atoms with E-state index in [-0.39, 0.29) is 5.60 Å². The Morgan fingerprint density at radius 2 is 1.88 bits per heavy atom. The summed E-state index contributed by atoms with van der Waals surface area (Å²) < 4.78 is 5.97. The lowest BCUT2D eigenvalue weighted by Crippen LogP contribution is -2.27. The lowest BCUT2D eigenvalue weighted by atomic mass is 10.0. The molecule has 88 valence electrons. The smallest absolute Gasteiger partial charge is 0.120 e. The molecular weight excluding hydrogens is 196 g/mol. The Hall–Kier alpha value is -1.24. The number of hydrogen-bond acceptors (Lipinski definition) is 1. The van der Waals surface area contributed by atoms with Gasteiger partial charge in [0.05, 0.1) is 0 Å². The summed E-state index contributed by atoms with van der Waals surface area (Å²) in [6.45, 7) is 10.2. The van der Waals surface area contributed by atoms with E-state index in [1.54, 1.807) is 0 Å². The number of unbranched alkanes of at least 4 members (excludes halogenated alkanes) is 1. The van der Waals surface area contributed by atoms with Crippen LogP contribution in [0.3, 0.4) is 0 Å². The maximum absolute atomic E-state index is 5.97. The average molecular weight is 218 g/mol. The molecule has 0 bridgehead atoms. The van der Waals surface area contributed by atoms with Crippen LogP contribution in [0.1, 0.15) is 45.6 Å². The molecule has 0 fully saturated rings. The van der Waals surface area contributed by atoms with Gasteiger partial charge in [0.25, 0.3) is 0 Å². The Kier molecular flexibility index (Phi) is 4.60. The Balaban J connectivity index is 2.60. The highest BCUT2D eigenvalue weighted by Crippen LogP contribution is 2.23. The Bertz CT molecular complexity index is 322. The minimum atomic E-state index is -0.0777. The molecule has 0 aliphatic heterocycles. The summed E-state index contributed by atoms with van der Waals surface area (Å²) in [5, 5.41) is 0. The van der Waals surface area contributed by atoms with E-state index in [4.69, 9.17) is 4.74 Å². The second-order valence-corrected chi connectivity index (χ2v) is 4.74. The number of hydrogen-bond donors (Lipinski definition) is 0. The van der Waals surface area contributed by atoms with E-state index in [2.05, 4.69) is 27.4 Å². The first kappa shape index (κ1) is 12.8. The SMILES string of the molecule is C=Cc1ccc(OC(C)(C)CCCC)cc1. The molecule has 1 nitrogen and oxygen atoms in total. The summed E-state index contributed by atoms with van der Waals surface area (Å²) in [5.74, 6) is 0.937. The molecule has 1 aromatic carbocycles. The Labute approximate surface area is 99.1 Å². The summed E-state index contributed by atoms with van der Waals surface area (Å²) >= 11 is 0. The average Bonchev–Trinajstić information content (AvgIpc) is 2.27. The van der Waals surface area contributed by atoms with Crippen molar-refractivity contribution in [3.05, 3.63) is 36.4 Å². The maximum atomic E-state index is 5.97. The van der Waals surface area contributed by atoms with Crippen LogP contribution in [0, 0.1) is 0 Å². The molecular formula is C15H22O. The van der Waals surface area contributed by atoms with Crippen LogP contribution in [-0.4, -0.2) is 5.60 Å². The minimum absolute atomic E-state index is 0.0777. The van der Waals surface area contributed by atoms with Gasteiger partial charge in [-0.3, -0.25) is 0 Å². The highest BCUT2D eigenvalue weighted by Gasteiger charge is 2.18. The van der Waals surface area contributed by atoms with E-state index in [0.717, 1.165) is 17.7 Å². The molecule has 0 atom stereocenters. The molecule has 0 aliphatic rings. The predicted molar refractivity (Wildman–Crippen MR) is 70.8 cm³/mol. The van der Waals surface area contributed by atoms with E-state index >= 15 is 0 Å². The number of ether oxygens (including phenoxy) is 1. The van der Waals surface area contributed by atoms with Gasteiger partial charge in [-0.25, -0.2) is 0 Å². The monoisotopic (exact) mass is 218 g/mol. The number of rotatable bonds is 6. The van der Waals surface area contributed by atoms with Gasteiger partial charge in [-0.15, -0.1) is 0 Å². The third-order valence-electron chi connectivity index (χ3n) is 2.64. The summed E-state index contributed by atoms with van der Waals surface area (Å²) in [4.78, 5) is 0. The van der Waals surface area contributed by atoms with Gasteiger partial charge in [0, 0.05) is 0 Å². The van der Waals surface area contributed by atoms with Crippen molar-refractivity contribution in [1.82, 2.24) is 0 Å². The van der Waals surface area contributed by atoms with Gasteiger partial charge in [0.2, 0.25) is 0 Å². The molecule has 0 aliphatic carbocycles. The normalized spacial score (nSPS) is 11.2. The van der Waals surface area contributed by atoms with Gasteiger partial charge >= 0.3 is 0 Å². The minimum Gasteiger partial charge on any atom is -0.488 e. The molecule has 0 unspecified atom stereocenters. The lowest BCUT2D eigenvalue weighted by molar-refractivity contribution is 0.0967. The zero-order valence-corrected chi connectivity index (χ0v) is 10.6. The van der Waals surface area contributed by atoms with Crippen molar-refractivity contribution >= 4 is 6.08 Å². The third-order valence-corrected chi connectivity index (χ3v) is 2.64. The largest absolute Gasteiger partial charge is 0.488 e. The fraction of sp³-hybridized carbons (Fsp3) is 0.467. The molecule has 0 heterocycles. The number of benzene rings is 1. The fourth-order valence-corrected chi connectivity index (χ4v) is 1.64. The topological polar surface area (TPSA) is 9.23 Å². The summed E-state index contributed by atoms with van der Waals surface area (Å²) in [7, 11) is 0. The standard InChI is InChI=1S/C15H22O/c1-5-7-12-15(3,4)16-14-10-8-13(6-2)9-11-14/h6,8-11H,2,5,7,12H2,1,3-4H3. The van der Waals surface area contributed by atoms with Gasteiger partial charge in [0.15, 0.2) is 0 Å². The summed E-state index contributed by atoms with van der Waals surface area (Å²) in [5.41, 5.74) is 1.05. The van der Waals surface area contributed by atoms with Crippen LogP contribution in [0.5, 0.6) is 5.75 Å². The van der Waals surface area contributed by atoms with Gasteiger partial charge in [-0.05, 0) is 44.4 Å². The second kappa shape index (κ2) is 5.74. The Morgan fingerprint density at radius 3 is 2.38 bits per heavy atom. The van der Waals surface area contributed by atoms with Crippen molar-refractivity contribution in [2.24, 2.45) is 0 Å². The molecule has 16 heavy (non-hydrogen) atoms. The quantitative estimate of drug-likeness (QED) is 0.673. The fourth-order valence-electron chi connectivity index (χ4n) is 1.64. The molecule has 0 N–H and O–H groups in total. The molecule has 0 aromatic heterocycles. The first-order valence-electron chi connectivity index (χ1n) is 5.99. The van der Waals surface area contributed by atoms with Gasteiger partial charge in [-0.2, -0.15) is 0 Å². The van der Waals surface area contributed by atoms with Crippen molar-refractivity contribution in [1.29, 1.82) is 0 Å². The highest BCUT2D eigenvalue weighted by atomic mass is 16.5. The van der Waals surface area contributed by atoms with Crippen molar-refractivity contribution in [3.8, 4) is 5.75 Å². The van der Waals surface area contributed by atoms with Gasteiger partial charge in [0.1, 0.15) is 11.4 Å². The summed E-state index contributed by atoms with van der Waals surface area (Å²) in [6, 6.07) is 8.06. The first-order chi connectivity index (χ1) is 7.57. The maximum Gasteiger partial charge on any atom is 0.120 e. The van der Waals surface area contributed by atoms with E-state index in [1.165, 1.54) is 12.8 Å². The van der Waals surface area contributed by atoms with Crippen LogP contribution in [-0.2, 0) is 0 Å². The van der Waals surface area contributed by atoms with E-state index < -0.39 is 0 Å². The third kappa shape index (κ3) is 4.09. The van der Waals surface area contributed by atoms with Gasteiger partial charge < -0.3 is 4.74 Å². The molecule has 0 amide bonds. The first-order valence-corrected chi connectivity index (χ1v) is 5.99. The van der Waals surface area contributed by atoms with Crippen LogP contribution in [0.4, 0.5) is 0 Å². The van der Waals surface area contributed by atoms with Crippen LogP contribution >= 0.6 is 0 Å².